The Labute approximate surface area is 134 Å². The van der Waals surface area contributed by atoms with Crippen molar-refractivity contribution in [2.75, 3.05) is 7.11 Å². The zero-order valence-electron chi connectivity index (χ0n) is 13.8. The highest BCUT2D eigenvalue weighted by Gasteiger charge is 2.10. The summed E-state index contributed by atoms with van der Waals surface area (Å²) in [6, 6.07) is 1.95. The Kier molecular flexibility index (Phi) is 10.6. The molecule has 1 rings (SSSR count). The van der Waals surface area contributed by atoms with E-state index in [1.807, 2.05) is 11.4 Å². The fourth-order valence-electron chi connectivity index (χ4n) is 2.58. The molecule has 0 amide bonds. The van der Waals surface area contributed by atoms with Crippen LogP contribution in [0.5, 0.6) is 5.75 Å². The van der Waals surface area contributed by atoms with Crippen molar-refractivity contribution in [3.63, 3.8) is 0 Å². The summed E-state index contributed by atoms with van der Waals surface area (Å²) in [6.45, 7) is 2.26. The molecule has 1 heterocycles. The van der Waals surface area contributed by atoms with Crippen LogP contribution < -0.4 is 4.74 Å². The van der Waals surface area contributed by atoms with Gasteiger partial charge in [-0.25, -0.2) is 0 Å². The molecule has 0 aliphatic heterocycles. The molecule has 1 atom stereocenters. The molecular weight excluding hydrogens is 280 g/mol. The molecule has 0 bridgehead atoms. The van der Waals surface area contributed by atoms with Crippen LogP contribution in [0.4, 0.5) is 0 Å². The maximum absolute atomic E-state index is 10.1. The van der Waals surface area contributed by atoms with Gasteiger partial charge in [0.2, 0.25) is 0 Å². The van der Waals surface area contributed by atoms with Gasteiger partial charge < -0.3 is 9.84 Å². The van der Waals surface area contributed by atoms with E-state index < -0.39 is 0 Å². The van der Waals surface area contributed by atoms with Gasteiger partial charge in [-0.3, -0.25) is 0 Å². The predicted octanol–water partition coefficient (Wildman–Crippen LogP) is 6.10. The molecule has 122 valence electrons. The van der Waals surface area contributed by atoms with Crippen molar-refractivity contribution >= 4 is 11.3 Å². The van der Waals surface area contributed by atoms with Gasteiger partial charge in [-0.1, -0.05) is 71.1 Å². The van der Waals surface area contributed by atoms with Crippen LogP contribution in [0.3, 0.4) is 0 Å². The lowest BCUT2D eigenvalue weighted by Gasteiger charge is -2.08. The summed E-state index contributed by atoms with van der Waals surface area (Å²) in [5.41, 5.74) is 0. The minimum Gasteiger partial charge on any atom is -0.496 e. The highest BCUT2D eigenvalue weighted by molar-refractivity contribution is 7.10. The molecule has 0 saturated carbocycles. The number of hydrogen-bond acceptors (Lipinski definition) is 3. The largest absolute Gasteiger partial charge is 0.496 e. The van der Waals surface area contributed by atoms with Crippen molar-refractivity contribution < 1.29 is 9.84 Å². The first-order valence-corrected chi connectivity index (χ1v) is 9.46. The van der Waals surface area contributed by atoms with Gasteiger partial charge >= 0.3 is 0 Å². The SMILES string of the molecule is CCCCCCCCCCCCC(O)c1cc(OC)cs1. The third-order valence-electron chi connectivity index (χ3n) is 3.99. The highest BCUT2D eigenvalue weighted by atomic mass is 32.1. The lowest BCUT2D eigenvalue weighted by molar-refractivity contribution is 0.167. The van der Waals surface area contributed by atoms with Gasteiger partial charge in [-0.05, 0) is 12.5 Å². The van der Waals surface area contributed by atoms with Crippen LogP contribution in [-0.4, -0.2) is 12.2 Å². The zero-order valence-corrected chi connectivity index (χ0v) is 14.6. The Morgan fingerprint density at radius 1 is 1.00 bits per heavy atom. The molecule has 0 aliphatic rings. The number of aliphatic hydroxyl groups excluding tert-OH is 1. The van der Waals surface area contributed by atoms with Crippen molar-refractivity contribution in [3.8, 4) is 5.75 Å². The summed E-state index contributed by atoms with van der Waals surface area (Å²) >= 11 is 1.59. The standard InChI is InChI=1S/C18H32O2S/c1-3-4-5-6-7-8-9-10-11-12-13-17(19)18-14-16(20-2)15-21-18/h14-15,17,19H,3-13H2,1-2H3. The molecule has 1 aromatic rings. The lowest BCUT2D eigenvalue weighted by Crippen LogP contribution is -1.94. The number of ether oxygens (including phenoxy) is 1. The van der Waals surface area contributed by atoms with Gasteiger partial charge in [0.25, 0.3) is 0 Å². The van der Waals surface area contributed by atoms with Crippen molar-refractivity contribution in [3.05, 3.63) is 16.3 Å². The van der Waals surface area contributed by atoms with Gasteiger partial charge in [0, 0.05) is 10.3 Å². The number of hydrogen-bond donors (Lipinski definition) is 1. The maximum atomic E-state index is 10.1. The molecule has 1 aromatic heterocycles. The van der Waals surface area contributed by atoms with E-state index in [-0.39, 0.29) is 6.10 Å². The lowest BCUT2D eigenvalue weighted by atomic mass is 10.0. The van der Waals surface area contributed by atoms with Crippen LogP contribution >= 0.6 is 11.3 Å². The molecule has 0 saturated heterocycles. The van der Waals surface area contributed by atoms with E-state index >= 15 is 0 Å². The molecule has 0 aliphatic carbocycles. The molecule has 0 spiro atoms. The van der Waals surface area contributed by atoms with E-state index in [0.29, 0.717) is 0 Å². The number of methoxy groups -OCH3 is 1. The molecule has 2 nitrogen and oxygen atoms in total. The van der Waals surface area contributed by atoms with Gasteiger partial charge in [0.1, 0.15) is 5.75 Å². The second kappa shape index (κ2) is 12.0. The average molecular weight is 313 g/mol. The Morgan fingerprint density at radius 2 is 1.57 bits per heavy atom. The topological polar surface area (TPSA) is 29.5 Å². The van der Waals surface area contributed by atoms with Gasteiger partial charge in [-0.2, -0.15) is 0 Å². The number of rotatable bonds is 13. The minimum absolute atomic E-state index is 0.312. The number of thiophene rings is 1. The summed E-state index contributed by atoms with van der Waals surface area (Å²) in [5, 5.41) is 12.1. The first kappa shape index (κ1) is 18.5. The Morgan fingerprint density at radius 3 is 2.10 bits per heavy atom. The fraction of sp³-hybridized carbons (Fsp3) is 0.778. The minimum atomic E-state index is -0.312. The first-order valence-electron chi connectivity index (χ1n) is 8.58. The average Bonchev–Trinajstić information content (AvgIpc) is 2.98. The Balaban J connectivity index is 1.94. The normalized spacial score (nSPS) is 12.5. The van der Waals surface area contributed by atoms with Crippen molar-refractivity contribution in [1.29, 1.82) is 0 Å². The smallest absolute Gasteiger partial charge is 0.129 e. The predicted molar refractivity (Wildman–Crippen MR) is 92.3 cm³/mol. The van der Waals surface area contributed by atoms with Crippen molar-refractivity contribution in [2.24, 2.45) is 0 Å². The van der Waals surface area contributed by atoms with Crippen molar-refractivity contribution in [2.45, 2.75) is 83.7 Å². The summed E-state index contributed by atoms with van der Waals surface area (Å²) in [6.07, 6.45) is 13.9. The second-order valence-corrected chi connectivity index (χ2v) is 6.82. The molecule has 1 unspecified atom stereocenters. The number of aliphatic hydroxyl groups is 1. The van der Waals surface area contributed by atoms with E-state index in [0.717, 1.165) is 23.5 Å². The van der Waals surface area contributed by atoms with Crippen LogP contribution in [0.2, 0.25) is 0 Å². The number of unbranched alkanes of at least 4 members (excludes halogenated alkanes) is 9. The van der Waals surface area contributed by atoms with E-state index in [4.69, 9.17) is 4.74 Å². The Bertz CT molecular complexity index is 349. The molecule has 3 heteroatoms. The summed E-state index contributed by atoms with van der Waals surface area (Å²) in [7, 11) is 1.67. The van der Waals surface area contributed by atoms with Crippen LogP contribution in [-0.2, 0) is 0 Å². The van der Waals surface area contributed by atoms with E-state index in [1.54, 1.807) is 18.4 Å². The summed E-state index contributed by atoms with van der Waals surface area (Å²) < 4.78 is 5.15. The van der Waals surface area contributed by atoms with Crippen LogP contribution in [0.15, 0.2) is 11.4 Å². The molecule has 0 aromatic carbocycles. The molecule has 1 N–H and O–H groups in total. The van der Waals surface area contributed by atoms with Gasteiger partial charge in [0.15, 0.2) is 0 Å². The highest BCUT2D eigenvalue weighted by Crippen LogP contribution is 2.29. The van der Waals surface area contributed by atoms with Gasteiger partial charge in [0.05, 0.1) is 13.2 Å². The van der Waals surface area contributed by atoms with E-state index in [1.165, 1.54) is 57.8 Å². The molecular formula is C18H32O2S. The van der Waals surface area contributed by atoms with E-state index in [2.05, 4.69) is 6.92 Å². The zero-order chi connectivity index (χ0) is 15.3. The van der Waals surface area contributed by atoms with Crippen LogP contribution in [0, 0.1) is 0 Å². The monoisotopic (exact) mass is 312 g/mol. The van der Waals surface area contributed by atoms with Gasteiger partial charge in [-0.15, -0.1) is 11.3 Å². The van der Waals surface area contributed by atoms with Crippen molar-refractivity contribution in [1.82, 2.24) is 0 Å². The fourth-order valence-corrected chi connectivity index (χ4v) is 3.46. The maximum Gasteiger partial charge on any atom is 0.129 e. The van der Waals surface area contributed by atoms with E-state index in [9.17, 15) is 5.11 Å². The Hall–Kier alpha value is -0.540. The quantitative estimate of drug-likeness (QED) is 0.446. The molecule has 21 heavy (non-hydrogen) atoms. The third kappa shape index (κ3) is 8.47. The van der Waals surface area contributed by atoms with Crippen LogP contribution in [0.1, 0.15) is 88.5 Å². The summed E-state index contributed by atoms with van der Waals surface area (Å²) in [4.78, 5) is 1.03. The summed E-state index contributed by atoms with van der Waals surface area (Å²) in [5.74, 6) is 0.858. The second-order valence-electron chi connectivity index (χ2n) is 5.88. The molecule has 0 radical (unpaired) electrons. The molecule has 0 fully saturated rings. The third-order valence-corrected chi connectivity index (χ3v) is 5.00. The first-order chi connectivity index (χ1) is 10.3. The van der Waals surface area contributed by atoms with Crippen LogP contribution in [0.25, 0.3) is 0 Å².